The van der Waals surface area contributed by atoms with E-state index in [-0.39, 0.29) is 0 Å². The average Bonchev–Trinajstić information content (AvgIpc) is 2.93. The molecule has 1 saturated heterocycles. The highest BCUT2D eigenvalue weighted by molar-refractivity contribution is 7.19. The van der Waals surface area contributed by atoms with Gasteiger partial charge in [0.2, 0.25) is 0 Å². The van der Waals surface area contributed by atoms with E-state index >= 15 is 0 Å². The van der Waals surface area contributed by atoms with Crippen LogP contribution in [0.25, 0.3) is 10.2 Å². The summed E-state index contributed by atoms with van der Waals surface area (Å²) in [6.07, 6.45) is 6.01. The first-order valence-electron chi connectivity index (χ1n) is 8.13. The summed E-state index contributed by atoms with van der Waals surface area (Å²) in [5.41, 5.74) is 1.55. The van der Waals surface area contributed by atoms with Crippen LogP contribution in [0.5, 0.6) is 0 Å². The minimum absolute atomic E-state index is 0.914. The molecule has 0 spiro atoms. The molecule has 0 radical (unpaired) electrons. The molecule has 1 aliphatic carbocycles. The molecule has 0 amide bonds. The molecule has 0 atom stereocenters. The van der Waals surface area contributed by atoms with Gasteiger partial charge >= 0.3 is 0 Å². The summed E-state index contributed by atoms with van der Waals surface area (Å²) in [6, 6.07) is 0. The van der Waals surface area contributed by atoms with Gasteiger partial charge in [0.05, 0.1) is 5.39 Å². The van der Waals surface area contributed by atoms with E-state index in [2.05, 4.69) is 17.1 Å². The third kappa shape index (κ3) is 2.32. The fourth-order valence-electron chi connectivity index (χ4n) is 3.44. The Bertz CT molecular complexity index is 658. The second-order valence-corrected chi connectivity index (χ2v) is 7.03. The van der Waals surface area contributed by atoms with Gasteiger partial charge in [-0.1, -0.05) is 6.92 Å². The van der Waals surface area contributed by atoms with E-state index in [0.29, 0.717) is 0 Å². The van der Waals surface area contributed by atoms with Crippen molar-refractivity contribution >= 4 is 27.4 Å². The van der Waals surface area contributed by atoms with E-state index in [0.717, 1.165) is 38.4 Å². The van der Waals surface area contributed by atoms with Crippen molar-refractivity contribution in [2.24, 2.45) is 0 Å². The predicted molar refractivity (Wildman–Crippen MR) is 88.5 cm³/mol. The zero-order valence-corrected chi connectivity index (χ0v) is 13.4. The summed E-state index contributed by atoms with van der Waals surface area (Å²) in [7, 11) is 0. The Balaban J connectivity index is 1.90. The monoisotopic (exact) mass is 302 g/mol. The quantitative estimate of drug-likeness (QED) is 0.925. The van der Waals surface area contributed by atoms with Gasteiger partial charge in [-0.2, -0.15) is 0 Å². The lowest BCUT2D eigenvalue weighted by atomic mass is 9.97. The second-order valence-electron chi connectivity index (χ2n) is 5.95. The molecule has 0 unspecified atom stereocenters. The van der Waals surface area contributed by atoms with E-state index in [9.17, 15) is 0 Å². The maximum Gasteiger partial charge on any atom is 0.141 e. The van der Waals surface area contributed by atoms with Crippen molar-refractivity contribution in [3.8, 4) is 0 Å². The second kappa shape index (κ2) is 5.54. The Kier molecular flexibility index (Phi) is 3.55. The van der Waals surface area contributed by atoms with Crippen LogP contribution in [0.1, 0.15) is 36.0 Å². The number of fused-ring (bicyclic) bond motifs is 3. The van der Waals surface area contributed by atoms with Crippen LogP contribution in [-0.2, 0) is 19.3 Å². The maximum absolute atomic E-state index is 4.92. The smallest absolute Gasteiger partial charge is 0.141 e. The summed E-state index contributed by atoms with van der Waals surface area (Å²) in [5, 5.41) is 4.80. The molecule has 1 aliphatic heterocycles. The largest absolute Gasteiger partial charge is 0.353 e. The molecule has 21 heavy (non-hydrogen) atoms. The number of anilines is 1. The molecule has 3 heterocycles. The lowest BCUT2D eigenvalue weighted by Crippen LogP contribution is -2.44. The van der Waals surface area contributed by atoms with Crippen LogP contribution < -0.4 is 10.2 Å². The zero-order chi connectivity index (χ0) is 14.2. The molecule has 112 valence electrons. The van der Waals surface area contributed by atoms with Crippen LogP contribution >= 0.6 is 11.3 Å². The molecule has 0 aromatic carbocycles. The van der Waals surface area contributed by atoms with Crippen LogP contribution in [0.4, 0.5) is 5.82 Å². The number of aryl methyl sites for hydroxylation is 3. The topological polar surface area (TPSA) is 41.1 Å². The van der Waals surface area contributed by atoms with Crippen molar-refractivity contribution in [3.63, 3.8) is 0 Å². The Morgan fingerprint density at radius 2 is 1.95 bits per heavy atom. The van der Waals surface area contributed by atoms with Crippen molar-refractivity contribution < 1.29 is 0 Å². The molecule has 1 fully saturated rings. The lowest BCUT2D eigenvalue weighted by Gasteiger charge is -2.29. The fraction of sp³-hybridized carbons (Fsp3) is 0.625. The summed E-state index contributed by atoms with van der Waals surface area (Å²) < 4.78 is 0. The Hall–Kier alpha value is -1.20. The van der Waals surface area contributed by atoms with Gasteiger partial charge in [-0.3, -0.25) is 0 Å². The van der Waals surface area contributed by atoms with Crippen molar-refractivity contribution in [2.75, 3.05) is 31.1 Å². The molecular weight excluding hydrogens is 280 g/mol. The van der Waals surface area contributed by atoms with E-state index in [1.807, 2.05) is 11.3 Å². The average molecular weight is 302 g/mol. The highest BCUT2D eigenvalue weighted by Gasteiger charge is 2.24. The van der Waals surface area contributed by atoms with E-state index < -0.39 is 0 Å². The van der Waals surface area contributed by atoms with Crippen molar-refractivity contribution in [1.29, 1.82) is 0 Å². The summed E-state index contributed by atoms with van der Waals surface area (Å²) in [6.45, 7) is 6.37. The first kappa shape index (κ1) is 13.5. The van der Waals surface area contributed by atoms with Gasteiger partial charge in [0.1, 0.15) is 16.5 Å². The number of nitrogens with zero attached hydrogens (tertiary/aromatic N) is 3. The van der Waals surface area contributed by atoms with Crippen molar-refractivity contribution in [2.45, 2.75) is 39.0 Å². The van der Waals surface area contributed by atoms with Gasteiger partial charge < -0.3 is 10.2 Å². The molecule has 1 N–H and O–H groups in total. The van der Waals surface area contributed by atoms with Gasteiger partial charge in [0.25, 0.3) is 0 Å². The van der Waals surface area contributed by atoms with Gasteiger partial charge in [0.15, 0.2) is 0 Å². The number of hydrogen-bond acceptors (Lipinski definition) is 5. The maximum atomic E-state index is 4.92. The number of nitrogens with one attached hydrogen (secondary N) is 1. The highest BCUT2D eigenvalue weighted by Crippen LogP contribution is 2.39. The van der Waals surface area contributed by atoms with E-state index in [1.54, 1.807) is 10.4 Å². The molecule has 4 nitrogen and oxygen atoms in total. The van der Waals surface area contributed by atoms with Gasteiger partial charge in [-0.05, 0) is 31.2 Å². The van der Waals surface area contributed by atoms with E-state index in [1.165, 1.54) is 41.7 Å². The first-order chi connectivity index (χ1) is 10.4. The number of hydrogen-bond donors (Lipinski definition) is 1. The third-order valence-electron chi connectivity index (χ3n) is 4.57. The highest BCUT2D eigenvalue weighted by atomic mass is 32.1. The molecule has 2 aliphatic rings. The van der Waals surface area contributed by atoms with Crippen LogP contribution in [0.2, 0.25) is 0 Å². The third-order valence-corrected chi connectivity index (χ3v) is 5.76. The Morgan fingerprint density at radius 3 is 2.76 bits per heavy atom. The van der Waals surface area contributed by atoms with Crippen LogP contribution in [0.15, 0.2) is 0 Å². The Labute approximate surface area is 129 Å². The normalized spacial score (nSPS) is 19.0. The van der Waals surface area contributed by atoms with Gasteiger partial charge in [-0.15, -0.1) is 11.3 Å². The van der Waals surface area contributed by atoms with Gasteiger partial charge in [-0.25, -0.2) is 9.97 Å². The number of thiophene rings is 1. The molecule has 0 saturated carbocycles. The van der Waals surface area contributed by atoms with Crippen molar-refractivity contribution in [3.05, 3.63) is 16.3 Å². The van der Waals surface area contributed by atoms with Crippen LogP contribution in [0, 0.1) is 0 Å². The predicted octanol–water partition coefficient (Wildman–Crippen LogP) is 2.54. The number of piperazine rings is 1. The molecule has 4 rings (SSSR count). The molecule has 5 heteroatoms. The summed E-state index contributed by atoms with van der Waals surface area (Å²) >= 11 is 1.91. The molecule has 2 aromatic rings. The fourth-order valence-corrected chi connectivity index (χ4v) is 4.72. The molecule has 2 aromatic heterocycles. The Morgan fingerprint density at radius 1 is 1.14 bits per heavy atom. The number of aromatic nitrogens is 2. The van der Waals surface area contributed by atoms with Crippen molar-refractivity contribution in [1.82, 2.24) is 15.3 Å². The van der Waals surface area contributed by atoms with Crippen LogP contribution in [-0.4, -0.2) is 36.1 Å². The standard InChI is InChI=1S/C16H22N4S/c1-2-13-18-15(20-9-7-17-8-10-20)14-11-5-3-4-6-12(11)21-16(14)19-13/h17H,2-10H2,1H3. The lowest BCUT2D eigenvalue weighted by molar-refractivity contribution is 0.585. The summed E-state index contributed by atoms with van der Waals surface area (Å²) in [4.78, 5) is 15.0. The molecular formula is C16H22N4S. The minimum atomic E-state index is 0.914. The van der Waals surface area contributed by atoms with Crippen LogP contribution in [0.3, 0.4) is 0 Å². The number of rotatable bonds is 2. The summed E-state index contributed by atoms with van der Waals surface area (Å²) in [5.74, 6) is 2.20. The molecule has 0 bridgehead atoms. The van der Waals surface area contributed by atoms with E-state index in [4.69, 9.17) is 9.97 Å². The van der Waals surface area contributed by atoms with Gasteiger partial charge in [0, 0.05) is 37.5 Å². The zero-order valence-electron chi connectivity index (χ0n) is 12.6. The first-order valence-corrected chi connectivity index (χ1v) is 8.95. The minimum Gasteiger partial charge on any atom is -0.353 e. The SMILES string of the molecule is CCc1nc(N2CCNCC2)c2c3c(sc2n1)CCCC3.